The summed E-state index contributed by atoms with van der Waals surface area (Å²) in [6.45, 7) is 1.69. The summed E-state index contributed by atoms with van der Waals surface area (Å²) in [7, 11) is 1.44. The van der Waals surface area contributed by atoms with E-state index in [2.05, 4.69) is 21.2 Å². The molecule has 3 amide bonds. The van der Waals surface area contributed by atoms with E-state index in [1.807, 2.05) is 0 Å². The van der Waals surface area contributed by atoms with Crippen LogP contribution in [-0.4, -0.2) is 50.2 Å². The van der Waals surface area contributed by atoms with Crippen molar-refractivity contribution in [2.45, 2.75) is 19.8 Å². The standard InChI is InChI=1S/C29H29FN4O7/c1-3-40-29(38)20-5-9-22(10-6-20)33-28(37)18-41-24-13-4-19(16-25(24)39-2)17-31-34-27(36)15-14-26(35)32-23-11-7-21(30)8-12-23/h4-13,16-17H,3,14-15,18H2,1-2H3,(H,32,35)(H,33,37)(H,34,36). The summed E-state index contributed by atoms with van der Waals surface area (Å²) >= 11 is 0. The average molecular weight is 565 g/mol. The SMILES string of the molecule is CCOC(=O)c1ccc(NC(=O)COc2ccc(C=NNC(=O)CCC(=O)Nc3ccc(F)cc3)cc2OC)cc1. The Balaban J connectivity index is 1.43. The van der Waals surface area contributed by atoms with E-state index in [0.29, 0.717) is 34.0 Å². The predicted octanol–water partition coefficient (Wildman–Crippen LogP) is 3.90. The monoisotopic (exact) mass is 564 g/mol. The Morgan fingerprint density at radius 2 is 1.46 bits per heavy atom. The van der Waals surface area contributed by atoms with E-state index in [9.17, 15) is 23.6 Å². The Morgan fingerprint density at radius 3 is 2.12 bits per heavy atom. The van der Waals surface area contributed by atoms with Crippen molar-refractivity contribution < 1.29 is 37.8 Å². The molecule has 0 unspecified atom stereocenters. The minimum Gasteiger partial charge on any atom is -0.493 e. The van der Waals surface area contributed by atoms with Crippen LogP contribution in [-0.2, 0) is 19.1 Å². The van der Waals surface area contributed by atoms with Gasteiger partial charge >= 0.3 is 5.97 Å². The quantitative estimate of drug-likeness (QED) is 0.162. The van der Waals surface area contributed by atoms with Gasteiger partial charge in [0.05, 0.1) is 25.5 Å². The van der Waals surface area contributed by atoms with E-state index in [0.717, 1.165) is 0 Å². The van der Waals surface area contributed by atoms with E-state index in [-0.39, 0.29) is 26.1 Å². The third-order valence-electron chi connectivity index (χ3n) is 5.34. The van der Waals surface area contributed by atoms with Gasteiger partial charge in [0.2, 0.25) is 11.8 Å². The summed E-state index contributed by atoms with van der Waals surface area (Å²) in [5.74, 6) is -1.49. The zero-order valence-corrected chi connectivity index (χ0v) is 22.4. The molecule has 0 bridgehead atoms. The van der Waals surface area contributed by atoms with E-state index < -0.39 is 29.5 Å². The first-order chi connectivity index (χ1) is 19.8. The molecule has 3 aromatic rings. The highest BCUT2D eigenvalue weighted by molar-refractivity contribution is 5.94. The molecule has 11 nitrogen and oxygen atoms in total. The number of esters is 1. The number of rotatable bonds is 13. The van der Waals surface area contributed by atoms with Gasteiger partial charge in [-0.1, -0.05) is 0 Å². The number of hydrogen-bond acceptors (Lipinski definition) is 8. The van der Waals surface area contributed by atoms with Crippen molar-refractivity contribution in [3.05, 3.63) is 83.7 Å². The lowest BCUT2D eigenvalue weighted by Gasteiger charge is -2.11. The minimum absolute atomic E-state index is 0.0783. The number of ether oxygens (including phenoxy) is 3. The Kier molecular flexibility index (Phi) is 11.3. The van der Waals surface area contributed by atoms with Crippen molar-refractivity contribution in [3.63, 3.8) is 0 Å². The molecule has 0 radical (unpaired) electrons. The number of benzene rings is 3. The maximum absolute atomic E-state index is 12.9. The lowest BCUT2D eigenvalue weighted by atomic mass is 10.2. The topological polar surface area (TPSA) is 144 Å². The normalized spacial score (nSPS) is 10.5. The fourth-order valence-electron chi connectivity index (χ4n) is 3.35. The van der Waals surface area contributed by atoms with Gasteiger partial charge in [-0.25, -0.2) is 14.6 Å². The zero-order chi connectivity index (χ0) is 29.6. The van der Waals surface area contributed by atoms with Crippen LogP contribution in [0.5, 0.6) is 11.5 Å². The Hall–Kier alpha value is -5.26. The molecule has 0 aliphatic heterocycles. The van der Waals surface area contributed by atoms with E-state index in [4.69, 9.17) is 14.2 Å². The lowest BCUT2D eigenvalue weighted by molar-refractivity contribution is -0.124. The van der Waals surface area contributed by atoms with Crippen LogP contribution < -0.4 is 25.5 Å². The molecule has 0 saturated heterocycles. The van der Waals surface area contributed by atoms with Gasteiger partial charge in [-0.3, -0.25) is 14.4 Å². The van der Waals surface area contributed by atoms with Gasteiger partial charge in [-0.2, -0.15) is 5.10 Å². The molecule has 3 rings (SSSR count). The van der Waals surface area contributed by atoms with Crippen LogP contribution in [0.3, 0.4) is 0 Å². The summed E-state index contributed by atoms with van der Waals surface area (Å²) in [6, 6.07) is 16.4. The van der Waals surface area contributed by atoms with Gasteiger partial charge < -0.3 is 24.8 Å². The predicted molar refractivity (Wildman–Crippen MR) is 150 cm³/mol. The number of halogens is 1. The van der Waals surface area contributed by atoms with Crippen molar-refractivity contribution in [1.82, 2.24) is 5.43 Å². The molecular formula is C29H29FN4O7. The number of nitrogens with zero attached hydrogens (tertiary/aromatic N) is 1. The molecule has 3 aromatic carbocycles. The van der Waals surface area contributed by atoms with Crippen molar-refractivity contribution in [2.24, 2.45) is 5.10 Å². The molecule has 0 aliphatic carbocycles. The summed E-state index contributed by atoms with van der Waals surface area (Å²) in [6.07, 6.45) is 1.21. The van der Waals surface area contributed by atoms with Crippen LogP contribution in [0.15, 0.2) is 71.8 Å². The van der Waals surface area contributed by atoms with Gasteiger partial charge in [-0.15, -0.1) is 0 Å². The molecule has 12 heteroatoms. The molecule has 214 valence electrons. The van der Waals surface area contributed by atoms with Crippen molar-refractivity contribution >= 4 is 41.3 Å². The molecule has 0 saturated carbocycles. The fraction of sp³-hybridized carbons (Fsp3) is 0.207. The third-order valence-corrected chi connectivity index (χ3v) is 5.34. The van der Waals surface area contributed by atoms with Crippen LogP contribution >= 0.6 is 0 Å². The molecule has 0 aliphatic rings. The van der Waals surface area contributed by atoms with Crippen LogP contribution in [0.25, 0.3) is 0 Å². The number of anilines is 2. The second-order valence-corrected chi connectivity index (χ2v) is 8.39. The maximum Gasteiger partial charge on any atom is 0.338 e. The lowest BCUT2D eigenvalue weighted by Crippen LogP contribution is -2.20. The first-order valence-electron chi connectivity index (χ1n) is 12.5. The number of methoxy groups -OCH3 is 1. The fourth-order valence-corrected chi connectivity index (χ4v) is 3.35. The van der Waals surface area contributed by atoms with Gasteiger partial charge in [0.15, 0.2) is 18.1 Å². The number of carbonyl (C=O) groups is 4. The third kappa shape index (κ3) is 10.1. The van der Waals surface area contributed by atoms with E-state index in [1.54, 1.807) is 49.4 Å². The van der Waals surface area contributed by atoms with Crippen LogP contribution in [0.2, 0.25) is 0 Å². The highest BCUT2D eigenvalue weighted by Crippen LogP contribution is 2.27. The largest absolute Gasteiger partial charge is 0.493 e. The molecular weight excluding hydrogens is 535 g/mol. The smallest absolute Gasteiger partial charge is 0.338 e. The number of nitrogens with one attached hydrogen (secondary N) is 3. The number of amides is 3. The number of carbonyl (C=O) groups excluding carboxylic acids is 4. The van der Waals surface area contributed by atoms with Crippen LogP contribution in [0.1, 0.15) is 35.7 Å². The molecule has 41 heavy (non-hydrogen) atoms. The van der Waals surface area contributed by atoms with E-state index >= 15 is 0 Å². The molecule has 0 fully saturated rings. The van der Waals surface area contributed by atoms with Gasteiger partial charge in [-0.05, 0) is 79.2 Å². The Morgan fingerprint density at radius 1 is 0.829 bits per heavy atom. The highest BCUT2D eigenvalue weighted by atomic mass is 19.1. The minimum atomic E-state index is -0.469. The average Bonchev–Trinajstić information content (AvgIpc) is 2.97. The second-order valence-electron chi connectivity index (χ2n) is 8.39. The second kappa shape index (κ2) is 15.4. The summed E-state index contributed by atoms with van der Waals surface area (Å²) in [5, 5.41) is 9.12. The van der Waals surface area contributed by atoms with Crippen LogP contribution in [0, 0.1) is 5.82 Å². The number of hydrogen-bond donors (Lipinski definition) is 3. The summed E-state index contributed by atoms with van der Waals surface area (Å²) in [4.78, 5) is 48.0. The van der Waals surface area contributed by atoms with Crippen LogP contribution in [0.4, 0.5) is 15.8 Å². The summed E-state index contributed by atoms with van der Waals surface area (Å²) in [5.41, 5.74) is 4.21. The zero-order valence-electron chi connectivity index (χ0n) is 22.4. The van der Waals surface area contributed by atoms with Gasteiger partial charge in [0.25, 0.3) is 5.91 Å². The highest BCUT2D eigenvalue weighted by Gasteiger charge is 2.11. The first kappa shape index (κ1) is 30.3. The van der Waals surface area contributed by atoms with E-state index in [1.165, 1.54) is 37.6 Å². The molecule has 0 aromatic heterocycles. The molecule has 0 atom stereocenters. The van der Waals surface area contributed by atoms with Crippen molar-refractivity contribution in [2.75, 3.05) is 31.0 Å². The van der Waals surface area contributed by atoms with Crippen molar-refractivity contribution in [3.8, 4) is 11.5 Å². The Bertz CT molecular complexity index is 1390. The Labute approximate surface area is 235 Å². The first-order valence-corrected chi connectivity index (χ1v) is 12.5. The van der Waals surface area contributed by atoms with Gasteiger partial charge in [0.1, 0.15) is 5.82 Å². The van der Waals surface area contributed by atoms with Crippen molar-refractivity contribution in [1.29, 1.82) is 0 Å². The maximum atomic E-state index is 12.9. The number of hydrazone groups is 1. The molecule has 3 N–H and O–H groups in total. The molecule has 0 heterocycles. The summed E-state index contributed by atoms with van der Waals surface area (Å²) < 4.78 is 28.8. The molecule has 0 spiro atoms. The van der Waals surface area contributed by atoms with Gasteiger partial charge in [0, 0.05) is 24.2 Å².